The Morgan fingerprint density at radius 1 is 1.18 bits per heavy atom. The zero-order valence-electron chi connectivity index (χ0n) is 20.3. The zero-order valence-corrected chi connectivity index (χ0v) is 20.3. The number of aromatic nitrogens is 2. The van der Waals surface area contributed by atoms with Crippen molar-refractivity contribution in [1.29, 1.82) is 0 Å². The van der Waals surface area contributed by atoms with Gasteiger partial charge in [0.1, 0.15) is 11.5 Å². The van der Waals surface area contributed by atoms with E-state index >= 15 is 0 Å². The molecule has 0 radical (unpaired) electrons. The van der Waals surface area contributed by atoms with Crippen LogP contribution in [-0.2, 0) is 4.79 Å². The lowest BCUT2D eigenvalue weighted by atomic mass is 10.1. The SMILES string of the molecule is CCN(CC)C(=O)/C=C/c1ccc(-c2cc(NCCCN3CCCCC3)c3cnccc3n2)o1. The maximum absolute atomic E-state index is 12.2. The van der Waals surface area contributed by atoms with Crippen molar-refractivity contribution in [2.75, 3.05) is 44.6 Å². The Balaban J connectivity index is 1.47. The molecule has 1 amide bonds. The van der Waals surface area contributed by atoms with Crippen molar-refractivity contribution < 1.29 is 9.21 Å². The van der Waals surface area contributed by atoms with Gasteiger partial charge in [-0.1, -0.05) is 6.42 Å². The predicted octanol–water partition coefficient (Wildman–Crippen LogP) is 5.06. The summed E-state index contributed by atoms with van der Waals surface area (Å²) in [7, 11) is 0. The quantitative estimate of drug-likeness (QED) is 0.336. The van der Waals surface area contributed by atoms with Crippen LogP contribution < -0.4 is 5.32 Å². The highest BCUT2D eigenvalue weighted by Gasteiger charge is 2.12. The highest BCUT2D eigenvalue weighted by Crippen LogP contribution is 2.29. The number of fused-ring (bicyclic) bond motifs is 1. The molecule has 0 aliphatic carbocycles. The van der Waals surface area contributed by atoms with Gasteiger partial charge in [0.15, 0.2) is 5.76 Å². The summed E-state index contributed by atoms with van der Waals surface area (Å²) in [5.74, 6) is 1.28. The number of hydrogen-bond donors (Lipinski definition) is 1. The average Bonchev–Trinajstić information content (AvgIpc) is 3.36. The molecule has 3 aromatic heterocycles. The van der Waals surface area contributed by atoms with Crippen LogP contribution in [0.15, 0.2) is 47.2 Å². The Morgan fingerprint density at radius 2 is 2.00 bits per heavy atom. The fraction of sp³-hybridized carbons (Fsp3) is 0.444. The standard InChI is InChI=1S/C27H35N5O2/c1-3-32(4-2)27(33)12-10-21-9-11-26(34-21)25-19-24(22-20-28-15-13-23(22)30-25)29-14-8-18-31-16-6-5-7-17-31/h9-13,15,19-20H,3-8,14,16-18H2,1-2H3,(H,29,30)/b12-10+. The van der Waals surface area contributed by atoms with Gasteiger partial charge < -0.3 is 19.5 Å². The van der Waals surface area contributed by atoms with E-state index in [2.05, 4.69) is 15.2 Å². The topological polar surface area (TPSA) is 74.5 Å². The number of amides is 1. The number of nitrogens with zero attached hydrogens (tertiary/aromatic N) is 4. The molecule has 3 aromatic rings. The number of nitrogens with one attached hydrogen (secondary N) is 1. The Kier molecular flexibility index (Phi) is 8.31. The molecular weight excluding hydrogens is 426 g/mol. The molecule has 180 valence electrons. The maximum atomic E-state index is 12.2. The van der Waals surface area contributed by atoms with Crippen molar-refractivity contribution in [3.05, 3.63) is 48.5 Å². The summed E-state index contributed by atoms with van der Waals surface area (Å²) in [5.41, 5.74) is 2.64. The number of carbonyl (C=O) groups excluding carboxylic acids is 1. The molecule has 1 aliphatic heterocycles. The molecule has 7 nitrogen and oxygen atoms in total. The lowest BCUT2D eigenvalue weighted by Crippen LogP contribution is -2.31. The largest absolute Gasteiger partial charge is 0.455 e. The van der Waals surface area contributed by atoms with E-state index in [0.29, 0.717) is 24.6 Å². The minimum Gasteiger partial charge on any atom is -0.455 e. The zero-order chi connectivity index (χ0) is 23.8. The fourth-order valence-corrected chi connectivity index (χ4v) is 4.42. The number of piperidine rings is 1. The monoisotopic (exact) mass is 461 g/mol. The first-order valence-corrected chi connectivity index (χ1v) is 12.5. The number of pyridine rings is 2. The van der Waals surface area contributed by atoms with Gasteiger partial charge in [0, 0.05) is 49.2 Å². The summed E-state index contributed by atoms with van der Waals surface area (Å²) >= 11 is 0. The van der Waals surface area contributed by atoms with E-state index < -0.39 is 0 Å². The van der Waals surface area contributed by atoms with Crippen LogP contribution in [0.2, 0.25) is 0 Å². The maximum Gasteiger partial charge on any atom is 0.246 e. The summed E-state index contributed by atoms with van der Waals surface area (Å²) in [4.78, 5) is 25.7. The Labute approximate surface area is 201 Å². The molecule has 0 unspecified atom stereocenters. The van der Waals surface area contributed by atoms with Gasteiger partial charge >= 0.3 is 0 Å². The molecule has 1 aliphatic rings. The first-order valence-electron chi connectivity index (χ1n) is 12.5. The van der Waals surface area contributed by atoms with Gasteiger partial charge in [-0.3, -0.25) is 9.78 Å². The third-order valence-corrected chi connectivity index (χ3v) is 6.37. The van der Waals surface area contributed by atoms with Gasteiger partial charge in [-0.2, -0.15) is 0 Å². The lowest BCUT2D eigenvalue weighted by molar-refractivity contribution is -0.125. The highest BCUT2D eigenvalue weighted by atomic mass is 16.3. The summed E-state index contributed by atoms with van der Waals surface area (Å²) < 4.78 is 6.01. The molecule has 34 heavy (non-hydrogen) atoms. The first-order chi connectivity index (χ1) is 16.7. The summed E-state index contributed by atoms with van der Waals surface area (Å²) in [6, 6.07) is 7.71. The van der Waals surface area contributed by atoms with E-state index in [9.17, 15) is 4.79 Å². The molecule has 1 N–H and O–H groups in total. The van der Waals surface area contributed by atoms with Crippen LogP contribution in [0.5, 0.6) is 0 Å². The molecule has 0 spiro atoms. The number of carbonyl (C=O) groups is 1. The second-order valence-electron chi connectivity index (χ2n) is 8.68. The van der Waals surface area contributed by atoms with E-state index in [1.165, 1.54) is 32.4 Å². The fourth-order valence-electron chi connectivity index (χ4n) is 4.42. The molecule has 1 fully saturated rings. The first kappa shape index (κ1) is 24.0. The van der Waals surface area contributed by atoms with Crippen LogP contribution in [0.4, 0.5) is 5.69 Å². The van der Waals surface area contributed by atoms with Crippen molar-refractivity contribution in [3.63, 3.8) is 0 Å². The number of hydrogen-bond acceptors (Lipinski definition) is 6. The van der Waals surface area contributed by atoms with Gasteiger partial charge in [0.25, 0.3) is 0 Å². The second-order valence-corrected chi connectivity index (χ2v) is 8.68. The van der Waals surface area contributed by atoms with Gasteiger partial charge in [0.05, 0.1) is 5.52 Å². The van der Waals surface area contributed by atoms with Gasteiger partial charge in [0.2, 0.25) is 5.91 Å². The Bertz CT molecular complexity index is 1110. The molecule has 4 heterocycles. The van der Waals surface area contributed by atoms with Gasteiger partial charge in [-0.05, 0) is 83.1 Å². The summed E-state index contributed by atoms with van der Waals surface area (Å²) in [6.07, 6.45) is 12.0. The van der Waals surface area contributed by atoms with E-state index in [4.69, 9.17) is 9.40 Å². The summed E-state index contributed by atoms with van der Waals surface area (Å²) in [6.45, 7) is 9.79. The number of rotatable bonds is 10. The van der Waals surface area contributed by atoms with Crippen molar-refractivity contribution in [1.82, 2.24) is 19.8 Å². The molecule has 0 saturated carbocycles. The third kappa shape index (κ3) is 6.03. The molecule has 0 bridgehead atoms. The van der Waals surface area contributed by atoms with Crippen molar-refractivity contribution in [3.8, 4) is 11.5 Å². The van der Waals surface area contributed by atoms with E-state index in [1.54, 1.807) is 23.2 Å². The molecule has 7 heteroatoms. The lowest BCUT2D eigenvalue weighted by Gasteiger charge is -2.26. The van der Waals surface area contributed by atoms with Crippen LogP contribution in [0.3, 0.4) is 0 Å². The minimum atomic E-state index is -0.0182. The number of anilines is 1. The number of likely N-dealkylation sites (N-methyl/N-ethyl adjacent to an activating group) is 1. The van der Waals surface area contributed by atoms with Crippen LogP contribution in [0, 0.1) is 0 Å². The van der Waals surface area contributed by atoms with Gasteiger partial charge in [-0.25, -0.2) is 4.98 Å². The number of likely N-dealkylation sites (tertiary alicyclic amines) is 1. The highest BCUT2D eigenvalue weighted by molar-refractivity contribution is 5.93. The van der Waals surface area contributed by atoms with Crippen molar-refractivity contribution in [2.24, 2.45) is 0 Å². The number of furan rings is 1. The Morgan fingerprint density at radius 3 is 2.79 bits per heavy atom. The smallest absolute Gasteiger partial charge is 0.246 e. The van der Waals surface area contributed by atoms with Crippen LogP contribution in [0.25, 0.3) is 28.4 Å². The van der Waals surface area contributed by atoms with Gasteiger partial charge in [-0.15, -0.1) is 0 Å². The molecular formula is C27H35N5O2. The minimum absolute atomic E-state index is 0.0182. The molecule has 0 atom stereocenters. The van der Waals surface area contributed by atoms with E-state index in [1.807, 2.05) is 44.3 Å². The van der Waals surface area contributed by atoms with Crippen molar-refractivity contribution >= 4 is 28.6 Å². The molecule has 1 saturated heterocycles. The van der Waals surface area contributed by atoms with Crippen LogP contribution >= 0.6 is 0 Å². The second kappa shape index (κ2) is 11.8. The predicted molar refractivity (Wildman–Crippen MR) is 138 cm³/mol. The van der Waals surface area contributed by atoms with Crippen LogP contribution in [-0.4, -0.2) is 64.9 Å². The third-order valence-electron chi connectivity index (χ3n) is 6.37. The summed E-state index contributed by atoms with van der Waals surface area (Å²) in [5, 5.41) is 4.60. The van der Waals surface area contributed by atoms with E-state index in [-0.39, 0.29) is 5.91 Å². The van der Waals surface area contributed by atoms with Crippen molar-refractivity contribution in [2.45, 2.75) is 39.5 Å². The average molecular weight is 462 g/mol. The Hall–Kier alpha value is -3.19. The van der Waals surface area contributed by atoms with Crippen LogP contribution in [0.1, 0.15) is 45.3 Å². The molecule has 0 aromatic carbocycles. The molecule has 4 rings (SSSR count). The van der Waals surface area contributed by atoms with E-state index in [0.717, 1.165) is 41.8 Å². The normalized spacial score (nSPS) is 14.6.